The fourth-order valence-corrected chi connectivity index (χ4v) is 5.69. The van der Waals surface area contributed by atoms with Gasteiger partial charge in [0.15, 0.2) is 5.13 Å². The van der Waals surface area contributed by atoms with Crippen molar-refractivity contribution in [1.29, 1.82) is 0 Å². The Morgan fingerprint density at radius 2 is 1.90 bits per heavy atom. The van der Waals surface area contributed by atoms with Crippen LogP contribution in [0.25, 0.3) is 0 Å². The predicted molar refractivity (Wildman–Crippen MR) is 120 cm³/mol. The van der Waals surface area contributed by atoms with Gasteiger partial charge in [-0.3, -0.25) is 14.9 Å². The van der Waals surface area contributed by atoms with Crippen LogP contribution in [0.1, 0.15) is 30.6 Å². The quantitative estimate of drug-likeness (QED) is 0.610. The molecule has 0 saturated heterocycles. The normalized spacial score (nSPS) is 13.8. The van der Waals surface area contributed by atoms with Crippen molar-refractivity contribution in [1.82, 2.24) is 14.2 Å². The number of thiophene rings is 1. The fourth-order valence-electron chi connectivity index (χ4n) is 3.15. The highest BCUT2D eigenvalue weighted by Gasteiger charge is 2.26. The first-order valence-electron chi connectivity index (χ1n) is 9.41. The number of benzene rings is 1. The molecule has 3 heterocycles. The first kappa shape index (κ1) is 21.6. The zero-order valence-electron chi connectivity index (χ0n) is 16.9. The molecule has 0 atom stereocenters. The molecule has 1 aliphatic rings. The van der Waals surface area contributed by atoms with E-state index in [9.17, 15) is 18.0 Å². The standard InChI is InChI=1S/C20H20N4O4S3/c1-23(2)31(27,28)14-7-5-13(6-8-14)19(26)24-10-9-15-17(12-24)30-20(21-15)22-18(25)16-4-3-11-29-16/h3-8,11H,9-10,12H2,1-2H3,(H,21,22,25). The fraction of sp³-hybridized carbons (Fsp3) is 0.250. The molecular formula is C20H20N4O4S3. The Bertz CT molecular complexity index is 1220. The third-order valence-corrected chi connectivity index (χ3v) is 8.56. The molecule has 1 aromatic carbocycles. The number of aromatic nitrogens is 1. The van der Waals surface area contributed by atoms with Gasteiger partial charge in [-0.1, -0.05) is 17.4 Å². The van der Waals surface area contributed by atoms with Crippen molar-refractivity contribution in [2.75, 3.05) is 26.0 Å². The maximum absolute atomic E-state index is 12.9. The number of hydrogen-bond acceptors (Lipinski definition) is 7. The average Bonchev–Trinajstić information content (AvgIpc) is 3.42. The Morgan fingerprint density at radius 1 is 1.16 bits per heavy atom. The van der Waals surface area contributed by atoms with E-state index in [1.54, 1.807) is 11.0 Å². The minimum atomic E-state index is -3.54. The molecule has 162 valence electrons. The Kier molecular flexibility index (Phi) is 5.93. The SMILES string of the molecule is CN(C)S(=O)(=O)c1ccc(C(=O)N2CCc3nc(NC(=O)c4cccs4)sc3C2)cc1. The molecule has 11 heteroatoms. The minimum Gasteiger partial charge on any atom is -0.333 e. The van der Waals surface area contributed by atoms with E-state index in [4.69, 9.17) is 0 Å². The highest BCUT2D eigenvalue weighted by molar-refractivity contribution is 7.89. The summed E-state index contributed by atoms with van der Waals surface area (Å²) in [6.07, 6.45) is 0.597. The summed E-state index contributed by atoms with van der Waals surface area (Å²) >= 11 is 2.73. The van der Waals surface area contributed by atoms with Crippen molar-refractivity contribution in [3.8, 4) is 0 Å². The van der Waals surface area contributed by atoms with E-state index in [1.165, 1.54) is 61.0 Å². The highest BCUT2D eigenvalue weighted by atomic mass is 32.2. The number of rotatable bonds is 5. The van der Waals surface area contributed by atoms with Gasteiger partial charge < -0.3 is 4.90 Å². The number of nitrogens with one attached hydrogen (secondary N) is 1. The number of fused-ring (bicyclic) bond motifs is 1. The van der Waals surface area contributed by atoms with E-state index in [1.807, 2.05) is 11.4 Å². The summed E-state index contributed by atoms with van der Waals surface area (Å²) in [7, 11) is -0.611. The van der Waals surface area contributed by atoms with E-state index in [-0.39, 0.29) is 16.7 Å². The first-order valence-corrected chi connectivity index (χ1v) is 12.5. The molecule has 1 N–H and O–H groups in total. The van der Waals surface area contributed by atoms with Crippen LogP contribution in [0.5, 0.6) is 0 Å². The number of hydrogen-bond donors (Lipinski definition) is 1. The van der Waals surface area contributed by atoms with E-state index in [0.717, 1.165) is 14.9 Å². The van der Waals surface area contributed by atoms with Crippen molar-refractivity contribution in [3.05, 3.63) is 62.8 Å². The molecule has 0 aliphatic carbocycles. The largest absolute Gasteiger partial charge is 0.333 e. The topological polar surface area (TPSA) is 99.7 Å². The second-order valence-electron chi connectivity index (χ2n) is 7.11. The number of sulfonamides is 1. The molecule has 0 bridgehead atoms. The van der Waals surface area contributed by atoms with Crippen LogP contribution >= 0.6 is 22.7 Å². The Balaban J connectivity index is 1.45. The van der Waals surface area contributed by atoms with Crippen LogP contribution in [0.15, 0.2) is 46.7 Å². The molecule has 0 saturated carbocycles. The lowest BCUT2D eigenvalue weighted by atomic mass is 10.1. The lowest BCUT2D eigenvalue weighted by Gasteiger charge is -2.26. The second-order valence-corrected chi connectivity index (χ2v) is 11.3. The molecule has 2 aromatic heterocycles. The van der Waals surface area contributed by atoms with E-state index in [2.05, 4.69) is 10.3 Å². The zero-order chi connectivity index (χ0) is 22.2. The summed E-state index contributed by atoms with van der Waals surface area (Å²) in [5.41, 5.74) is 1.32. The summed E-state index contributed by atoms with van der Waals surface area (Å²) in [5.74, 6) is -0.362. The van der Waals surface area contributed by atoms with Gasteiger partial charge in [-0.15, -0.1) is 11.3 Å². The lowest BCUT2D eigenvalue weighted by Crippen LogP contribution is -2.35. The second kappa shape index (κ2) is 8.50. The molecular weight excluding hydrogens is 456 g/mol. The molecule has 4 rings (SSSR count). The maximum atomic E-state index is 12.9. The van der Waals surface area contributed by atoms with Crippen molar-refractivity contribution in [3.63, 3.8) is 0 Å². The van der Waals surface area contributed by atoms with Gasteiger partial charge in [0, 0.05) is 37.5 Å². The van der Waals surface area contributed by atoms with Crippen LogP contribution in [-0.2, 0) is 23.0 Å². The number of nitrogens with zero attached hydrogens (tertiary/aromatic N) is 3. The Morgan fingerprint density at radius 3 is 2.55 bits per heavy atom. The summed E-state index contributed by atoms with van der Waals surface area (Å²) in [4.78, 5) is 33.1. The van der Waals surface area contributed by atoms with Crippen LogP contribution in [0.3, 0.4) is 0 Å². The van der Waals surface area contributed by atoms with Gasteiger partial charge in [0.1, 0.15) is 0 Å². The number of thiazole rings is 1. The van der Waals surface area contributed by atoms with Gasteiger partial charge in [-0.2, -0.15) is 0 Å². The molecule has 0 spiro atoms. The van der Waals surface area contributed by atoms with Crippen LogP contribution in [0, 0.1) is 0 Å². The van der Waals surface area contributed by atoms with Crippen LogP contribution in [-0.4, -0.2) is 55.1 Å². The summed E-state index contributed by atoms with van der Waals surface area (Å²) < 4.78 is 25.5. The molecule has 1 aliphatic heterocycles. The van der Waals surface area contributed by atoms with Gasteiger partial charge in [-0.25, -0.2) is 17.7 Å². The van der Waals surface area contributed by atoms with Crippen LogP contribution in [0.4, 0.5) is 5.13 Å². The van der Waals surface area contributed by atoms with Crippen molar-refractivity contribution in [2.45, 2.75) is 17.9 Å². The smallest absolute Gasteiger partial charge is 0.267 e. The van der Waals surface area contributed by atoms with E-state index >= 15 is 0 Å². The Hall–Kier alpha value is -2.60. The van der Waals surface area contributed by atoms with Gasteiger partial charge in [-0.05, 0) is 35.7 Å². The maximum Gasteiger partial charge on any atom is 0.267 e. The van der Waals surface area contributed by atoms with E-state index < -0.39 is 10.0 Å². The summed E-state index contributed by atoms with van der Waals surface area (Å²) in [6.45, 7) is 0.907. The zero-order valence-corrected chi connectivity index (χ0v) is 19.3. The number of carbonyl (C=O) groups is 2. The summed E-state index contributed by atoms with van der Waals surface area (Å²) in [6, 6.07) is 9.54. The van der Waals surface area contributed by atoms with Gasteiger partial charge >= 0.3 is 0 Å². The number of carbonyl (C=O) groups excluding carboxylic acids is 2. The molecule has 0 fully saturated rings. The Labute approximate surface area is 188 Å². The van der Waals surface area contributed by atoms with E-state index in [0.29, 0.717) is 35.1 Å². The highest BCUT2D eigenvalue weighted by Crippen LogP contribution is 2.29. The molecule has 0 unspecified atom stereocenters. The van der Waals surface area contributed by atoms with Crippen molar-refractivity contribution < 1.29 is 18.0 Å². The number of anilines is 1. The molecule has 0 radical (unpaired) electrons. The molecule has 2 amide bonds. The van der Waals surface area contributed by atoms with Crippen molar-refractivity contribution >= 4 is 49.6 Å². The van der Waals surface area contributed by atoms with Gasteiger partial charge in [0.05, 0.1) is 22.0 Å². The van der Waals surface area contributed by atoms with Gasteiger partial charge in [0.2, 0.25) is 10.0 Å². The third kappa shape index (κ3) is 4.40. The third-order valence-electron chi connectivity index (χ3n) is 4.86. The average molecular weight is 477 g/mol. The van der Waals surface area contributed by atoms with Crippen molar-refractivity contribution in [2.24, 2.45) is 0 Å². The first-order chi connectivity index (χ1) is 14.8. The predicted octanol–water partition coefficient (Wildman–Crippen LogP) is 2.91. The monoisotopic (exact) mass is 476 g/mol. The number of amides is 2. The molecule has 31 heavy (non-hydrogen) atoms. The molecule has 8 nitrogen and oxygen atoms in total. The molecule has 3 aromatic rings. The van der Waals surface area contributed by atoms with Crippen LogP contribution in [0.2, 0.25) is 0 Å². The van der Waals surface area contributed by atoms with Gasteiger partial charge in [0.25, 0.3) is 11.8 Å². The lowest BCUT2D eigenvalue weighted by molar-refractivity contribution is 0.0736. The minimum absolute atomic E-state index is 0.142. The summed E-state index contributed by atoms with van der Waals surface area (Å²) in [5, 5.41) is 5.19. The van der Waals surface area contributed by atoms with Crippen LogP contribution < -0.4 is 5.32 Å².